The zero-order chi connectivity index (χ0) is 14.9. The van der Waals surface area contributed by atoms with Gasteiger partial charge in [-0.3, -0.25) is 0 Å². The third-order valence-electron chi connectivity index (χ3n) is 2.79. The summed E-state index contributed by atoms with van der Waals surface area (Å²) in [4.78, 5) is 8.56. The predicted molar refractivity (Wildman–Crippen MR) is 67.0 cm³/mol. The monoisotopic (exact) mass is 286 g/mol. The molecule has 20 heavy (non-hydrogen) atoms. The fraction of sp³-hybridized carbons (Fsp3) is 0.333. The molecule has 0 saturated carbocycles. The Kier molecular flexibility index (Phi) is 3.56. The first-order chi connectivity index (χ1) is 9.27. The second-order valence-corrected chi connectivity index (χ2v) is 4.33. The van der Waals surface area contributed by atoms with E-state index in [2.05, 4.69) is 9.97 Å². The SMILES string of the molecule is Cc1occc1CN(C)c1cc(C(F)(F)F)nc(N)n1. The molecule has 0 spiro atoms. The van der Waals surface area contributed by atoms with Crippen molar-refractivity contribution in [3.63, 3.8) is 0 Å². The molecule has 8 heteroatoms. The standard InChI is InChI=1S/C12H13F3N4O/c1-7-8(3-4-20-7)6-19(2)10-5-9(12(13,14)15)17-11(16)18-10/h3-5H,6H2,1-2H3,(H2,16,17,18). The summed E-state index contributed by atoms with van der Waals surface area (Å²) in [5, 5.41) is 0. The number of rotatable bonds is 3. The zero-order valence-electron chi connectivity index (χ0n) is 10.9. The molecule has 5 nitrogen and oxygen atoms in total. The molecular weight excluding hydrogens is 273 g/mol. The molecule has 0 bridgehead atoms. The topological polar surface area (TPSA) is 68.2 Å². The van der Waals surface area contributed by atoms with Gasteiger partial charge in [0, 0.05) is 25.2 Å². The number of hydrogen-bond donors (Lipinski definition) is 1. The van der Waals surface area contributed by atoms with Crippen molar-refractivity contribution >= 4 is 11.8 Å². The molecule has 0 atom stereocenters. The number of halogens is 3. The van der Waals surface area contributed by atoms with E-state index < -0.39 is 17.8 Å². The number of alkyl halides is 3. The number of nitrogen functional groups attached to an aromatic ring is 1. The Morgan fingerprint density at radius 2 is 2.05 bits per heavy atom. The summed E-state index contributed by atoms with van der Waals surface area (Å²) in [6.07, 6.45) is -3.04. The smallest absolute Gasteiger partial charge is 0.433 e. The summed E-state index contributed by atoms with van der Waals surface area (Å²) < 4.78 is 43.2. The fourth-order valence-corrected chi connectivity index (χ4v) is 1.71. The Morgan fingerprint density at radius 3 is 2.60 bits per heavy atom. The lowest BCUT2D eigenvalue weighted by atomic mass is 10.2. The van der Waals surface area contributed by atoms with Gasteiger partial charge in [0.1, 0.15) is 11.6 Å². The molecule has 0 saturated heterocycles. The van der Waals surface area contributed by atoms with E-state index in [1.807, 2.05) is 0 Å². The van der Waals surface area contributed by atoms with Crippen LogP contribution >= 0.6 is 0 Å². The van der Waals surface area contributed by atoms with E-state index in [1.165, 1.54) is 6.26 Å². The van der Waals surface area contributed by atoms with E-state index in [1.54, 1.807) is 24.9 Å². The van der Waals surface area contributed by atoms with Gasteiger partial charge in [-0.1, -0.05) is 0 Å². The summed E-state index contributed by atoms with van der Waals surface area (Å²) >= 11 is 0. The Bertz CT molecular complexity index is 609. The van der Waals surface area contributed by atoms with Gasteiger partial charge in [-0.15, -0.1) is 0 Å². The second kappa shape index (κ2) is 5.03. The van der Waals surface area contributed by atoms with Crippen LogP contribution in [0.1, 0.15) is 17.0 Å². The van der Waals surface area contributed by atoms with Crippen LogP contribution in [0.3, 0.4) is 0 Å². The predicted octanol–water partition coefficient (Wildman–Crippen LogP) is 2.62. The molecule has 0 aliphatic carbocycles. The Labute approximate surface area is 113 Å². The Balaban J connectivity index is 2.28. The molecule has 2 aromatic rings. The molecule has 0 amide bonds. The van der Waals surface area contributed by atoms with Crippen molar-refractivity contribution in [2.24, 2.45) is 0 Å². The third kappa shape index (κ3) is 3.01. The largest absolute Gasteiger partial charge is 0.469 e. The van der Waals surface area contributed by atoms with Crippen molar-refractivity contribution in [3.8, 4) is 0 Å². The lowest BCUT2D eigenvalue weighted by Crippen LogP contribution is -2.20. The maximum absolute atomic E-state index is 12.7. The van der Waals surface area contributed by atoms with Crippen LogP contribution in [0.5, 0.6) is 0 Å². The molecule has 2 rings (SSSR count). The zero-order valence-corrected chi connectivity index (χ0v) is 10.9. The van der Waals surface area contributed by atoms with Gasteiger partial charge in [0.2, 0.25) is 5.95 Å². The summed E-state index contributed by atoms with van der Waals surface area (Å²) in [5.41, 5.74) is 5.13. The number of nitrogens with zero attached hydrogens (tertiary/aromatic N) is 3. The van der Waals surface area contributed by atoms with Gasteiger partial charge in [-0.2, -0.15) is 18.2 Å². The molecule has 0 aliphatic heterocycles. The van der Waals surface area contributed by atoms with E-state index in [4.69, 9.17) is 10.2 Å². The average Bonchev–Trinajstić information content (AvgIpc) is 2.73. The first-order valence-electron chi connectivity index (χ1n) is 5.73. The molecule has 0 radical (unpaired) electrons. The molecule has 0 aromatic carbocycles. The van der Waals surface area contributed by atoms with E-state index in [0.29, 0.717) is 12.3 Å². The summed E-state index contributed by atoms with van der Waals surface area (Å²) in [7, 11) is 1.62. The van der Waals surface area contributed by atoms with Gasteiger partial charge in [0.05, 0.1) is 6.26 Å². The normalized spacial score (nSPS) is 11.7. The van der Waals surface area contributed by atoms with E-state index >= 15 is 0 Å². The quantitative estimate of drug-likeness (QED) is 0.939. The number of aryl methyl sites for hydroxylation is 1. The Morgan fingerprint density at radius 1 is 1.35 bits per heavy atom. The fourth-order valence-electron chi connectivity index (χ4n) is 1.71. The van der Waals surface area contributed by atoms with Crippen molar-refractivity contribution < 1.29 is 17.6 Å². The number of furan rings is 1. The van der Waals surface area contributed by atoms with Gasteiger partial charge >= 0.3 is 6.18 Å². The van der Waals surface area contributed by atoms with Crippen molar-refractivity contribution in [1.82, 2.24) is 9.97 Å². The van der Waals surface area contributed by atoms with Crippen molar-refractivity contribution in [3.05, 3.63) is 35.4 Å². The first kappa shape index (κ1) is 14.2. The highest BCUT2D eigenvalue weighted by Gasteiger charge is 2.33. The first-order valence-corrected chi connectivity index (χ1v) is 5.73. The van der Waals surface area contributed by atoms with Crippen LogP contribution in [-0.2, 0) is 12.7 Å². The van der Waals surface area contributed by atoms with Gasteiger partial charge in [0.25, 0.3) is 0 Å². The maximum Gasteiger partial charge on any atom is 0.433 e. The minimum atomic E-state index is -4.56. The van der Waals surface area contributed by atoms with E-state index in [9.17, 15) is 13.2 Å². The summed E-state index contributed by atoms with van der Waals surface area (Å²) in [5.74, 6) is 0.394. The van der Waals surface area contributed by atoms with Gasteiger partial charge in [-0.25, -0.2) is 4.98 Å². The van der Waals surface area contributed by atoms with Gasteiger partial charge in [-0.05, 0) is 13.0 Å². The van der Waals surface area contributed by atoms with Gasteiger partial charge in [0.15, 0.2) is 5.69 Å². The molecule has 2 aromatic heterocycles. The minimum Gasteiger partial charge on any atom is -0.469 e. The average molecular weight is 286 g/mol. The van der Waals surface area contributed by atoms with Crippen LogP contribution < -0.4 is 10.6 Å². The lowest BCUT2D eigenvalue weighted by molar-refractivity contribution is -0.141. The number of hydrogen-bond acceptors (Lipinski definition) is 5. The highest BCUT2D eigenvalue weighted by molar-refractivity contribution is 5.44. The van der Waals surface area contributed by atoms with Crippen LogP contribution in [-0.4, -0.2) is 17.0 Å². The second-order valence-electron chi connectivity index (χ2n) is 4.33. The maximum atomic E-state index is 12.7. The molecule has 108 valence electrons. The lowest BCUT2D eigenvalue weighted by Gasteiger charge is -2.19. The van der Waals surface area contributed by atoms with Crippen LogP contribution in [0.2, 0.25) is 0 Å². The molecule has 0 unspecified atom stereocenters. The van der Waals surface area contributed by atoms with E-state index in [0.717, 1.165) is 11.6 Å². The van der Waals surface area contributed by atoms with Crippen molar-refractivity contribution in [2.45, 2.75) is 19.6 Å². The van der Waals surface area contributed by atoms with Crippen molar-refractivity contribution in [2.75, 3.05) is 17.7 Å². The van der Waals surface area contributed by atoms with Crippen LogP contribution in [0.4, 0.5) is 24.9 Å². The molecule has 2 N–H and O–H groups in total. The summed E-state index contributed by atoms with van der Waals surface area (Å²) in [6, 6.07) is 2.62. The molecular formula is C12H13F3N4O. The van der Waals surface area contributed by atoms with Crippen LogP contribution in [0.25, 0.3) is 0 Å². The van der Waals surface area contributed by atoms with Crippen LogP contribution in [0, 0.1) is 6.92 Å². The summed E-state index contributed by atoms with van der Waals surface area (Å²) in [6.45, 7) is 2.13. The highest BCUT2D eigenvalue weighted by atomic mass is 19.4. The third-order valence-corrected chi connectivity index (χ3v) is 2.79. The Hall–Kier alpha value is -2.25. The van der Waals surface area contributed by atoms with Gasteiger partial charge < -0.3 is 15.1 Å². The minimum absolute atomic E-state index is 0.102. The van der Waals surface area contributed by atoms with Crippen LogP contribution in [0.15, 0.2) is 22.8 Å². The van der Waals surface area contributed by atoms with E-state index in [-0.39, 0.29) is 5.82 Å². The highest BCUT2D eigenvalue weighted by Crippen LogP contribution is 2.30. The number of nitrogens with two attached hydrogens (primary N) is 1. The number of anilines is 2. The number of aromatic nitrogens is 2. The molecule has 0 aliphatic rings. The molecule has 2 heterocycles. The molecule has 0 fully saturated rings. The van der Waals surface area contributed by atoms with Crippen molar-refractivity contribution in [1.29, 1.82) is 0 Å².